The second-order valence-electron chi connectivity index (χ2n) is 4.10. The van der Waals surface area contributed by atoms with Crippen LogP contribution in [0.4, 0.5) is 0 Å². The minimum atomic E-state index is 0.352. The van der Waals surface area contributed by atoms with E-state index in [-0.39, 0.29) is 0 Å². The Labute approximate surface area is 90.3 Å². The maximum atomic E-state index is 11.4. The molecule has 80 valence electrons. The van der Waals surface area contributed by atoms with Gasteiger partial charge in [-0.1, -0.05) is 18.2 Å². The summed E-state index contributed by atoms with van der Waals surface area (Å²) in [5, 5.41) is 0. The van der Waals surface area contributed by atoms with E-state index in [1.54, 1.807) is 0 Å². The molecule has 0 aliphatic heterocycles. The second-order valence-corrected chi connectivity index (χ2v) is 4.10. The quantitative estimate of drug-likeness (QED) is 0.737. The number of carbonyl (C=O) groups is 1. The SMILES string of the molecule is Cc1ccccc1OCCC(=O)C1CC1. The van der Waals surface area contributed by atoms with Gasteiger partial charge in [-0.2, -0.15) is 0 Å². The zero-order valence-corrected chi connectivity index (χ0v) is 9.03. The molecule has 2 nitrogen and oxygen atoms in total. The first-order valence-electron chi connectivity index (χ1n) is 5.48. The van der Waals surface area contributed by atoms with Crippen molar-refractivity contribution in [2.45, 2.75) is 26.2 Å². The van der Waals surface area contributed by atoms with Crippen LogP contribution in [0.2, 0.25) is 0 Å². The second kappa shape index (κ2) is 4.47. The Bertz CT molecular complexity index is 353. The predicted molar refractivity (Wildman–Crippen MR) is 59.0 cm³/mol. The molecular weight excluding hydrogens is 188 g/mol. The number of hydrogen-bond acceptors (Lipinski definition) is 2. The monoisotopic (exact) mass is 204 g/mol. The lowest BCUT2D eigenvalue weighted by molar-refractivity contribution is -0.120. The van der Waals surface area contributed by atoms with Gasteiger partial charge in [0.2, 0.25) is 0 Å². The van der Waals surface area contributed by atoms with E-state index in [1.165, 1.54) is 0 Å². The lowest BCUT2D eigenvalue weighted by atomic mass is 10.2. The lowest BCUT2D eigenvalue weighted by Crippen LogP contribution is -2.08. The van der Waals surface area contributed by atoms with Crippen molar-refractivity contribution in [2.75, 3.05) is 6.61 Å². The largest absolute Gasteiger partial charge is 0.493 e. The van der Waals surface area contributed by atoms with Crippen molar-refractivity contribution in [2.24, 2.45) is 5.92 Å². The van der Waals surface area contributed by atoms with E-state index in [1.807, 2.05) is 31.2 Å². The van der Waals surface area contributed by atoms with Crippen LogP contribution in [-0.4, -0.2) is 12.4 Å². The van der Waals surface area contributed by atoms with Crippen LogP contribution >= 0.6 is 0 Å². The molecule has 1 aliphatic rings. The topological polar surface area (TPSA) is 26.3 Å². The fraction of sp³-hybridized carbons (Fsp3) is 0.462. The van der Waals surface area contributed by atoms with Crippen LogP contribution in [0.5, 0.6) is 5.75 Å². The number of ether oxygens (including phenoxy) is 1. The molecule has 0 atom stereocenters. The van der Waals surface area contributed by atoms with Gasteiger partial charge in [-0.15, -0.1) is 0 Å². The summed E-state index contributed by atoms with van der Waals surface area (Å²) in [7, 11) is 0. The van der Waals surface area contributed by atoms with E-state index >= 15 is 0 Å². The first-order valence-corrected chi connectivity index (χ1v) is 5.48. The molecule has 2 rings (SSSR count). The van der Waals surface area contributed by atoms with Crippen LogP contribution in [0.1, 0.15) is 24.8 Å². The number of hydrogen-bond donors (Lipinski definition) is 0. The van der Waals surface area contributed by atoms with Crippen molar-refractivity contribution in [1.82, 2.24) is 0 Å². The fourth-order valence-electron chi connectivity index (χ4n) is 1.59. The van der Waals surface area contributed by atoms with E-state index in [4.69, 9.17) is 4.74 Å². The maximum absolute atomic E-state index is 11.4. The third kappa shape index (κ3) is 2.82. The molecule has 0 radical (unpaired) electrons. The smallest absolute Gasteiger partial charge is 0.139 e. The predicted octanol–water partition coefficient (Wildman–Crippen LogP) is 2.74. The number of ketones is 1. The molecule has 0 saturated heterocycles. The normalized spacial score (nSPS) is 15.0. The number of carbonyl (C=O) groups excluding carboxylic acids is 1. The Morgan fingerprint density at radius 3 is 2.80 bits per heavy atom. The van der Waals surface area contributed by atoms with Crippen LogP contribution in [0.25, 0.3) is 0 Å². The molecule has 1 aromatic rings. The molecule has 15 heavy (non-hydrogen) atoms. The number of Topliss-reactive ketones (excluding diaryl/α,β-unsaturated/α-hetero) is 1. The standard InChI is InChI=1S/C13H16O2/c1-10-4-2-3-5-13(10)15-9-8-12(14)11-6-7-11/h2-5,11H,6-9H2,1H3. The van der Waals surface area contributed by atoms with Crippen LogP contribution in [0.15, 0.2) is 24.3 Å². The van der Waals surface area contributed by atoms with Crippen LogP contribution < -0.4 is 4.74 Å². The number of aryl methyl sites for hydroxylation is 1. The molecule has 0 spiro atoms. The Balaban J connectivity index is 1.78. The Morgan fingerprint density at radius 2 is 2.13 bits per heavy atom. The average molecular weight is 204 g/mol. The van der Waals surface area contributed by atoms with E-state index in [2.05, 4.69) is 0 Å². The Kier molecular flexibility index (Phi) is 3.05. The minimum absolute atomic E-state index is 0.352. The highest BCUT2D eigenvalue weighted by molar-refractivity contribution is 5.83. The van der Waals surface area contributed by atoms with Crippen LogP contribution in [0, 0.1) is 12.8 Å². The van der Waals surface area contributed by atoms with Gasteiger partial charge in [0.05, 0.1) is 6.61 Å². The van der Waals surface area contributed by atoms with Gasteiger partial charge in [-0.3, -0.25) is 4.79 Å². The highest BCUT2D eigenvalue weighted by atomic mass is 16.5. The first kappa shape index (κ1) is 10.2. The Morgan fingerprint density at radius 1 is 1.40 bits per heavy atom. The molecule has 0 bridgehead atoms. The van der Waals surface area contributed by atoms with E-state index in [9.17, 15) is 4.79 Å². The van der Waals surface area contributed by atoms with Crippen molar-refractivity contribution >= 4 is 5.78 Å². The molecule has 0 aromatic heterocycles. The zero-order chi connectivity index (χ0) is 10.7. The van der Waals surface area contributed by atoms with Gasteiger partial charge in [0.15, 0.2) is 0 Å². The van der Waals surface area contributed by atoms with E-state index in [0.717, 1.165) is 24.2 Å². The third-order valence-electron chi connectivity index (χ3n) is 2.73. The molecular formula is C13H16O2. The summed E-state index contributed by atoms with van der Waals surface area (Å²) < 4.78 is 5.56. The van der Waals surface area contributed by atoms with Gasteiger partial charge < -0.3 is 4.74 Å². The van der Waals surface area contributed by atoms with Gasteiger partial charge in [0.1, 0.15) is 11.5 Å². The van der Waals surface area contributed by atoms with Crippen LogP contribution in [0.3, 0.4) is 0 Å². The van der Waals surface area contributed by atoms with Gasteiger partial charge in [-0.25, -0.2) is 0 Å². The summed E-state index contributed by atoms with van der Waals surface area (Å²) in [4.78, 5) is 11.4. The van der Waals surface area contributed by atoms with Crippen molar-refractivity contribution in [3.63, 3.8) is 0 Å². The molecule has 1 aliphatic carbocycles. The highest BCUT2D eigenvalue weighted by Crippen LogP contribution is 2.30. The molecule has 2 heteroatoms. The minimum Gasteiger partial charge on any atom is -0.493 e. The average Bonchev–Trinajstić information content (AvgIpc) is 3.04. The zero-order valence-electron chi connectivity index (χ0n) is 9.03. The summed E-state index contributed by atoms with van der Waals surface area (Å²) in [6.07, 6.45) is 2.73. The molecule has 1 aromatic carbocycles. The summed E-state index contributed by atoms with van der Waals surface area (Å²) in [6.45, 7) is 2.53. The third-order valence-corrected chi connectivity index (χ3v) is 2.73. The Hall–Kier alpha value is -1.31. The van der Waals surface area contributed by atoms with Crippen molar-refractivity contribution in [3.05, 3.63) is 29.8 Å². The van der Waals surface area contributed by atoms with Gasteiger partial charge in [-0.05, 0) is 31.4 Å². The van der Waals surface area contributed by atoms with Gasteiger partial charge >= 0.3 is 0 Å². The number of para-hydroxylation sites is 1. The molecule has 0 unspecified atom stereocenters. The fourth-order valence-corrected chi connectivity index (χ4v) is 1.59. The summed E-state index contributed by atoms with van der Waals surface area (Å²) in [6, 6.07) is 7.89. The van der Waals surface area contributed by atoms with Crippen LogP contribution in [-0.2, 0) is 4.79 Å². The van der Waals surface area contributed by atoms with Crippen molar-refractivity contribution < 1.29 is 9.53 Å². The lowest BCUT2D eigenvalue weighted by Gasteiger charge is -2.07. The summed E-state index contributed by atoms with van der Waals surface area (Å²) >= 11 is 0. The molecule has 0 N–H and O–H groups in total. The van der Waals surface area contributed by atoms with Crippen molar-refractivity contribution in [1.29, 1.82) is 0 Å². The summed E-state index contributed by atoms with van der Waals surface area (Å²) in [5.41, 5.74) is 1.12. The molecule has 1 saturated carbocycles. The number of rotatable bonds is 5. The van der Waals surface area contributed by atoms with E-state index < -0.39 is 0 Å². The van der Waals surface area contributed by atoms with Gasteiger partial charge in [0, 0.05) is 12.3 Å². The first-order chi connectivity index (χ1) is 7.27. The highest BCUT2D eigenvalue weighted by Gasteiger charge is 2.28. The molecule has 0 heterocycles. The van der Waals surface area contributed by atoms with Gasteiger partial charge in [0.25, 0.3) is 0 Å². The molecule has 0 amide bonds. The molecule has 1 fully saturated rings. The van der Waals surface area contributed by atoms with E-state index in [0.29, 0.717) is 24.7 Å². The van der Waals surface area contributed by atoms with Crippen molar-refractivity contribution in [3.8, 4) is 5.75 Å². The summed E-state index contributed by atoms with van der Waals surface area (Å²) in [5.74, 6) is 1.61. The maximum Gasteiger partial charge on any atom is 0.139 e. The number of benzene rings is 1.